The minimum absolute atomic E-state index is 0.100. The Bertz CT molecular complexity index is 6190. The van der Waals surface area contributed by atoms with E-state index in [0.29, 0.717) is 11.5 Å². The normalized spacial score (nSPS) is 12.7. The SMILES string of the molecule is CC(C)(C)c1ccnc(-n2c3ccc4cc3c3ccc(cc32)Oc2cccc(c2)-n2[c-][n+]3c5c(cccc52)-c2ccccc2-c2ccc5c6ccccc6n(c5c2-c2ccccc2-3)-c2ccc3c(c2)c2ccccc2n3-c2cccc3c5ccccc5n-4c23)c1. The maximum atomic E-state index is 7.08. The molecule has 0 fully saturated rings. The topological polar surface area (TPSA) is 50.6 Å². The molecule has 6 aromatic heterocycles. The van der Waals surface area contributed by atoms with Crippen LogP contribution in [0.5, 0.6) is 11.5 Å². The first kappa shape index (κ1) is 49.4. The molecule has 18 aromatic rings. The van der Waals surface area contributed by atoms with E-state index in [4.69, 9.17) is 9.72 Å². The molecule has 4 aliphatic heterocycles. The number of benzene rings is 12. The molecule has 0 spiro atoms. The quantitative estimate of drug-likeness (QED) is 0.121. The molecule has 0 atom stereocenters. The van der Waals surface area contributed by atoms with Crippen molar-refractivity contribution in [1.29, 1.82) is 0 Å². The average Bonchev–Trinajstić information content (AvgIpc) is 1.56. The van der Waals surface area contributed by atoms with Crippen molar-refractivity contribution in [1.82, 2.24) is 27.8 Å². The molecule has 0 radical (unpaired) electrons. The number of hydrogen-bond donors (Lipinski definition) is 0. The van der Waals surface area contributed by atoms with Gasteiger partial charge in [-0.05, 0) is 148 Å². The van der Waals surface area contributed by atoms with Gasteiger partial charge in [-0.25, -0.2) is 4.98 Å². The summed E-state index contributed by atoms with van der Waals surface area (Å²) in [6, 6.07) is 96.3. The van der Waals surface area contributed by atoms with Crippen molar-refractivity contribution in [3.63, 3.8) is 0 Å². The third-order valence-corrected chi connectivity index (χ3v) is 19.4. The summed E-state index contributed by atoms with van der Waals surface area (Å²) in [6.45, 7) is 6.78. The fraction of sp³-hybridized carbons (Fsp3) is 0.0488. The predicted molar refractivity (Wildman–Crippen MR) is 367 cm³/mol. The van der Waals surface area contributed by atoms with E-state index in [1.807, 2.05) is 12.3 Å². The van der Waals surface area contributed by atoms with Crippen molar-refractivity contribution < 1.29 is 9.30 Å². The molecule has 0 aliphatic carbocycles. The second kappa shape index (κ2) is 17.9. The van der Waals surface area contributed by atoms with Crippen LogP contribution in [0.3, 0.4) is 0 Å². The summed E-state index contributed by atoms with van der Waals surface area (Å²) >= 11 is 0. The van der Waals surface area contributed by atoms with Crippen LogP contribution < -0.4 is 9.30 Å². The molecule has 422 valence electrons. The Labute approximate surface area is 516 Å². The van der Waals surface area contributed by atoms with Crippen LogP contribution >= 0.6 is 0 Å². The number of aromatic nitrogens is 7. The van der Waals surface area contributed by atoms with Crippen LogP contribution in [0.1, 0.15) is 26.3 Å². The smallest absolute Gasteiger partial charge is 0.269 e. The van der Waals surface area contributed by atoms with Gasteiger partial charge in [0.1, 0.15) is 17.3 Å². The van der Waals surface area contributed by atoms with Crippen LogP contribution in [0.25, 0.3) is 166 Å². The van der Waals surface area contributed by atoms with Crippen LogP contribution in [0, 0.1) is 6.33 Å². The van der Waals surface area contributed by atoms with Gasteiger partial charge < -0.3 is 18.4 Å². The Kier molecular flexibility index (Phi) is 9.84. The van der Waals surface area contributed by atoms with Gasteiger partial charge in [0.25, 0.3) is 6.33 Å². The number of rotatable bonds is 1. The lowest BCUT2D eigenvalue weighted by molar-refractivity contribution is -0.571. The van der Waals surface area contributed by atoms with Crippen LogP contribution in [0.4, 0.5) is 0 Å². The van der Waals surface area contributed by atoms with Crippen molar-refractivity contribution in [2.24, 2.45) is 0 Å². The van der Waals surface area contributed by atoms with E-state index in [0.717, 1.165) is 134 Å². The number of imidazole rings is 1. The zero-order valence-electron chi connectivity index (χ0n) is 49.4. The largest absolute Gasteiger partial charge is 0.458 e. The summed E-state index contributed by atoms with van der Waals surface area (Å²) in [7, 11) is 0. The third kappa shape index (κ3) is 6.73. The second-order valence-corrected chi connectivity index (χ2v) is 25.3. The van der Waals surface area contributed by atoms with Gasteiger partial charge in [0.2, 0.25) is 0 Å². The van der Waals surface area contributed by atoms with Gasteiger partial charge in [0, 0.05) is 72.3 Å². The number of ether oxygens (including phenoxy) is 1. The molecule has 90 heavy (non-hydrogen) atoms. The summed E-state index contributed by atoms with van der Waals surface area (Å²) < 4.78 is 21.4. The number of fused-ring (bicyclic) bond motifs is 8. The molecule has 14 bridgehead atoms. The zero-order valence-corrected chi connectivity index (χ0v) is 49.4. The highest BCUT2D eigenvalue weighted by atomic mass is 16.5. The van der Waals surface area contributed by atoms with Crippen molar-refractivity contribution in [2.75, 3.05) is 0 Å². The van der Waals surface area contributed by atoms with Crippen molar-refractivity contribution in [2.45, 2.75) is 26.2 Å². The zero-order chi connectivity index (χ0) is 59.3. The lowest BCUT2D eigenvalue weighted by atomic mass is 9.88. The van der Waals surface area contributed by atoms with E-state index >= 15 is 0 Å². The van der Waals surface area contributed by atoms with Gasteiger partial charge in [-0.3, -0.25) is 13.7 Å². The summed E-state index contributed by atoms with van der Waals surface area (Å²) in [5.41, 5.74) is 24.1. The van der Waals surface area contributed by atoms with Crippen LogP contribution in [-0.2, 0) is 5.41 Å². The van der Waals surface area contributed by atoms with E-state index in [2.05, 4.69) is 309 Å². The average molecular weight is 1150 g/mol. The highest BCUT2D eigenvalue weighted by Gasteiger charge is 2.30. The van der Waals surface area contributed by atoms with Gasteiger partial charge in [-0.1, -0.05) is 166 Å². The highest BCUT2D eigenvalue weighted by molar-refractivity contribution is 6.20. The van der Waals surface area contributed by atoms with Crippen molar-refractivity contribution in [3.8, 4) is 79.1 Å². The molecule has 12 aromatic carbocycles. The summed E-state index contributed by atoms with van der Waals surface area (Å²) in [5.74, 6) is 2.27. The Morgan fingerprint density at radius 1 is 0.367 bits per heavy atom. The number of hydrogen-bond acceptors (Lipinski definition) is 2. The second-order valence-electron chi connectivity index (χ2n) is 25.3. The molecular weight excluding hydrogens is 1100 g/mol. The van der Waals surface area contributed by atoms with Crippen LogP contribution in [-0.4, -0.2) is 27.8 Å². The maximum Gasteiger partial charge on any atom is 0.269 e. The molecule has 0 N–H and O–H groups in total. The first-order valence-electron chi connectivity index (χ1n) is 30.9. The molecule has 8 heteroatoms. The Balaban J connectivity index is 0.942. The molecular formula is C82H53N7O. The molecule has 0 saturated carbocycles. The highest BCUT2D eigenvalue weighted by Crippen LogP contribution is 2.50. The van der Waals surface area contributed by atoms with Crippen LogP contribution in [0.15, 0.2) is 267 Å². The van der Waals surface area contributed by atoms with Gasteiger partial charge in [-0.2, -0.15) is 0 Å². The number of para-hydroxylation sites is 6. The fourth-order valence-electron chi connectivity index (χ4n) is 15.5. The van der Waals surface area contributed by atoms with Crippen molar-refractivity contribution in [3.05, 3.63) is 279 Å². The summed E-state index contributed by atoms with van der Waals surface area (Å²) in [4.78, 5) is 5.13. The maximum absolute atomic E-state index is 7.08. The van der Waals surface area contributed by atoms with Gasteiger partial charge in [0.05, 0.1) is 72.2 Å². The molecule has 8 nitrogen and oxygen atoms in total. The summed E-state index contributed by atoms with van der Waals surface area (Å²) in [5, 5.41) is 9.31. The molecule has 22 rings (SSSR count). The first-order chi connectivity index (χ1) is 44.3. The van der Waals surface area contributed by atoms with Gasteiger partial charge in [-0.15, -0.1) is 0 Å². The number of nitrogens with zero attached hydrogens (tertiary/aromatic N) is 7. The van der Waals surface area contributed by atoms with E-state index in [1.54, 1.807) is 0 Å². The molecule has 0 saturated heterocycles. The lowest BCUT2D eigenvalue weighted by Crippen LogP contribution is -2.30. The minimum Gasteiger partial charge on any atom is -0.458 e. The minimum atomic E-state index is -0.100. The monoisotopic (exact) mass is 1150 g/mol. The van der Waals surface area contributed by atoms with Gasteiger partial charge in [0.15, 0.2) is 0 Å². The third-order valence-electron chi connectivity index (χ3n) is 19.4. The summed E-state index contributed by atoms with van der Waals surface area (Å²) in [6.07, 6.45) is 5.93. The number of pyridine rings is 1. The van der Waals surface area contributed by atoms with E-state index in [1.165, 1.54) is 37.9 Å². The molecule has 0 amide bonds. The van der Waals surface area contributed by atoms with E-state index < -0.39 is 0 Å². The van der Waals surface area contributed by atoms with Crippen LogP contribution in [0.2, 0.25) is 0 Å². The molecule has 10 heterocycles. The Hall–Kier alpha value is -11.7. The van der Waals surface area contributed by atoms with Crippen molar-refractivity contribution >= 4 is 98.3 Å². The Morgan fingerprint density at radius 3 is 1.68 bits per heavy atom. The Morgan fingerprint density at radius 2 is 0.922 bits per heavy atom. The lowest BCUT2D eigenvalue weighted by Gasteiger charge is -2.20. The molecule has 4 aliphatic rings. The van der Waals surface area contributed by atoms with E-state index in [-0.39, 0.29) is 5.41 Å². The fourth-order valence-corrected chi connectivity index (χ4v) is 15.5. The molecule has 0 unspecified atom stereocenters. The predicted octanol–water partition coefficient (Wildman–Crippen LogP) is 20.2. The van der Waals surface area contributed by atoms with Gasteiger partial charge >= 0.3 is 0 Å². The first-order valence-corrected chi connectivity index (χ1v) is 30.9. The standard InChI is InChI=1S/C82H53N7O/c1-82(2,3)49-41-42-83-77(43-49)89-73-40-34-51-45-67(73)60-36-35-54(47-76(60)89)90-53-18-14-17-50(44-53)84-48-85-68-27-10-9-24-65(68)78-61(55-19-4-5-20-56(55)62-25-15-31-74(84)79(62)85)37-38-64-58-22-7-12-29-70(58)87(81(64)78)52-33-39-72-66(46-52)59-23-8-13-30-71(59)88(72)75-32-16-26-63-57-21-6-11-28-69(57)86(51)80(63)75/h4-47H,1-3H3. The van der Waals surface area contributed by atoms with E-state index in [9.17, 15) is 0 Å².